The molecule has 0 saturated carbocycles. The molecule has 3 nitrogen and oxygen atoms in total. The minimum atomic E-state index is 0.0881. The Labute approximate surface area is 71.9 Å². The van der Waals surface area contributed by atoms with E-state index in [0.29, 0.717) is 6.54 Å². The number of likely N-dealkylation sites (N-methyl/N-ethyl adjacent to an activating group) is 1. The molecule has 12 heavy (non-hydrogen) atoms. The van der Waals surface area contributed by atoms with E-state index in [1.165, 1.54) is 0 Å². The summed E-state index contributed by atoms with van der Waals surface area (Å²) in [7, 11) is 1.82. The monoisotopic (exact) mass is 167 g/mol. The van der Waals surface area contributed by atoms with E-state index in [-0.39, 0.29) is 12.4 Å². The van der Waals surface area contributed by atoms with E-state index in [4.69, 9.17) is 5.11 Å². The Morgan fingerprint density at radius 3 is 2.58 bits per heavy atom. The number of anilines is 1. The number of rotatable bonds is 3. The molecule has 0 fully saturated rings. The molecule has 0 spiro atoms. The van der Waals surface area contributed by atoms with Crippen LogP contribution >= 0.6 is 0 Å². The molecular formula is C9H13NO2. The summed E-state index contributed by atoms with van der Waals surface area (Å²) in [6.07, 6.45) is 0. The van der Waals surface area contributed by atoms with Crippen molar-refractivity contribution in [2.45, 2.75) is 0 Å². The van der Waals surface area contributed by atoms with Gasteiger partial charge < -0.3 is 15.1 Å². The van der Waals surface area contributed by atoms with Crippen molar-refractivity contribution in [3.63, 3.8) is 0 Å². The van der Waals surface area contributed by atoms with Crippen LogP contribution in [0, 0.1) is 0 Å². The maximum absolute atomic E-state index is 9.38. The number of hydrogen-bond acceptors (Lipinski definition) is 3. The van der Waals surface area contributed by atoms with Crippen LogP contribution in [0.25, 0.3) is 0 Å². The van der Waals surface area contributed by atoms with Gasteiger partial charge >= 0.3 is 0 Å². The van der Waals surface area contributed by atoms with E-state index in [0.717, 1.165) is 5.69 Å². The second kappa shape index (κ2) is 3.97. The van der Waals surface area contributed by atoms with Crippen molar-refractivity contribution in [2.75, 3.05) is 25.1 Å². The quantitative estimate of drug-likeness (QED) is 0.700. The molecule has 0 aromatic heterocycles. The van der Waals surface area contributed by atoms with Crippen molar-refractivity contribution in [2.24, 2.45) is 0 Å². The van der Waals surface area contributed by atoms with Gasteiger partial charge in [-0.2, -0.15) is 0 Å². The molecule has 1 aromatic rings. The molecular weight excluding hydrogens is 154 g/mol. The highest BCUT2D eigenvalue weighted by Crippen LogP contribution is 2.24. The van der Waals surface area contributed by atoms with Gasteiger partial charge in [-0.15, -0.1) is 0 Å². The second-order valence-electron chi connectivity index (χ2n) is 2.63. The molecule has 0 saturated heterocycles. The molecule has 0 aliphatic carbocycles. The van der Waals surface area contributed by atoms with E-state index in [2.05, 4.69) is 0 Å². The third kappa shape index (κ3) is 1.89. The highest BCUT2D eigenvalue weighted by Gasteiger charge is 2.03. The normalized spacial score (nSPS) is 9.83. The molecule has 0 amide bonds. The Balaban J connectivity index is 2.79. The Hall–Kier alpha value is -1.22. The minimum absolute atomic E-state index is 0.0881. The van der Waals surface area contributed by atoms with E-state index in [9.17, 15) is 5.11 Å². The summed E-state index contributed by atoms with van der Waals surface area (Å²) in [4.78, 5) is 1.80. The van der Waals surface area contributed by atoms with Crippen LogP contribution < -0.4 is 4.90 Å². The number of aliphatic hydroxyl groups excluding tert-OH is 1. The molecule has 1 aromatic carbocycles. The molecule has 0 heterocycles. The third-order valence-electron chi connectivity index (χ3n) is 1.73. The molecule has 0 atom stereocenters. The van der Waals surface area contributed by atoms with Crippen LogP contribution in [0.4, 0.5) is 5.69 Å². The predicted octanol–water partition coefficient (Wildman–Crippen LogP) is 0.821. The van der Waals surface area contributed by atoms with Crippen LogP contribution in [0.3, 0.4) is 0 Å². The Kier molecular flexibility index (Phi) is 2.94. The standard InChI is InChI=1S/C9H13NO2/c1-10(6-7-11)8-4-2-3-5-9(8)12/h2-5,11-12H,6-7H2,1H3. The van der Waals surface area contributed by atoms with Crippen molar-refractivity contribution < 1.29 is 10.2 Å². The van der Waals surface area contributed by atoms with Crippen molar-refractivity contribution in [1.82, 2.24) is 0 Å². The zero-order valence-corrected chi connectivity index (χ0v) is 7.07. The Morgan fingerprint density at radius 1 is 1.33 bits per heavy atom. The number of aliphatic hydroxyl groups is 1. The van der Waals surface area contributed by atoms with Gasteiger partial charge in [0.2, 0.25) is 0 Å². The fraction of sp³-hybridized carbons (Fsp3) is 0.333. The lowest BCUT2D eigenvalue weighted by Gasteiger charge is -2.18. The Bertz CT molecular complexity index is 250. The van der Waals surface area contributed by atoms with Crippen LogP contribution in [-0.2, 0) is 0 Å². The number of hydrogen-bond donors (Lipinski definition) is 2. The van der Waals surface area contributed by atoms with Gasteiger partial charge in [0.1, 0.15) is 5.75 Å². The minimum Gasteiger partial charge on any atom is -0.506 e. The van der Waals surface area contributed by atoms with Crippen LogP contribution in [0.2, 0.25) is 0 Å². The lowest BCUT2D eigenvalue weighted by atomic mass is 10.3. The molecule has 0 radical (unpaired) electrons. The van der Waals surface area contributed by atoms with Gasteiger partial charge in [0.15, 0.2) is 0 Å². The molecule has 0 aliphatic rings. The average molecular weight is 167 g/mol. The first-order valence-electron chi connectivity index (χ1n) is 3.85. The highest BCUT2D eigenvalue weighted by molar-refractivity contribution is 5.56. The van der Waals surface area contributed by atoms with Crippen LogP contribution in [0.5, 0.6) is 5.75 Å². The lowest BCUT2D eigenvalue weighted by Crippen LogP contribution is -2.20. The summed E-state index contributed by atoms with van der Waals surface area (Å²) >= 11 is 0. The molecule has 0 unspecified atom stereocenters. The summed E-state index contributed by atoms with van der Waals surface area (Å²) in [6.45, 7) is 0.613. The molecule has 0 aliphatic heterocycles. The number of phenolic OH excluding ortho intramolecular Hbond substituents is 1. The van der Waals surface area contributed by atoms with Gasteiger partial charge in [-0.1, -0.05) is 12.1 Å². The first-order chi connectivity index (χ1) is 5.75. The largest absolute Gasteiger partial charge is 0.506 e. The van der Waals surface area contributed by atoms with E-state index < -0.39 is 0 Å². The first-order valence-corrected chi connectivity index (χ1v) is 3.85. The van der Waals surface area contributed by atoms with Crippen molar-refractivity contribution in [1.29, 1.82) is 0 Å². The molecule has 2 N–H and O–H groups in total. The summed E-state index contributed by atoms with van der Waals surface area (Å²) in [5, 5.41) is 18.0. The van der Waals surface area contributed by atoms with Gasteiger partial charge in [0.25, 0.3) is 0 Å². The van der Waals surface area contributed by atoms with Gasteiger partial charge in [-0.05, 0) is 12.1 Å². The molecule has 66 valence electrons. The van der Waals surface area contributed by atoms with Crippen molar-refractivity contribution in [3.05, 3.63) is 24.3 Å². The molecule has 0 bridgehead atoms. The predicted molar refractivity (Wildman–Crippen MR) is 48.5 cm³/mol. The van der Waals surface area contributed by atoms with Crippen LogP contribution in [0.15, 0.2) is 24.3 Å². The van der Waals surface area contributed by atoms with Gasteiger partial charge in [-0.3, -0.25) is 0 Å². The SMILES string of the molecule is CN(CCO)c1ccccc1O. The molecule has 3 heteroatoms. The number of nitrogens with zero attached hydrogens (tertiary/aromatic N) is 1. The smallest absolute Gasteiger partial charge is 0.138 e. The Morgan fingerprint density at radius 2 is 2.00 bits per heavy atom. The van der Waals surface area contributed by atoms with E-state index in [1.807, 2.05) is 19.2 Å². The first kappa shape index (κ1) is 8.87. The van der Waals surface area contributed by atoms with E-state index in [1.54, 1.807) is 17.0 Å². The lowest BCUT2D eigenvalue weighted by molar-refractivity contribution is 0.303. The summed E-state index contributed by atoms with van der Waals surface area (Å²) < 4.78 is 0. The van der Waals surface area contributed by atoms with Crippen LogP contribution in [-0.4, -0.2) is 30.4 Å². The summed E-state index contributed by atoms with van der Waals surface area (Å²) in [5.41, 5.74) is 0.742. The fourth-order valence-corrected chi connectivity index (χ4v) is 1.06. The number of phenols is 1. The number of para-hydroxylation sites is 2. The van der Waals surface area contributed by atoms with Crippen LogP contribution in [0.1, 0.15) is 0 Å². The summed E-state index contributed by atoms with van der Waals surface area (Å²) in [5.74, 6) is 0.244. The highest BCUT2D eigenvalue weighted by atomic mass is 16.3. The van der Waals surface area contributed by atoms with E-state index >= 15 is 0 Å². The maximum atomic E-state index is 9.38. The third-order valence-corrected chi connectivity index (χ3v) is 1.73. The maximum Gasteiger partial charge on any atom is 0.138 e. The zero-order chi connectivity index (χ0) is 8.97. The number of aromatic hydroxyl groups is 1. The van der Waals surface area contributed by atoms with Crippen molar-refractivity contribution >= 4 is 5.69 Å². The van der Waals surface area contributed by atoms with Gasteiger partial charge in [-0.25, -0.2) is 0 Å². The van der Waals surface area contributed by atoms with Crippen molar-refractivity contribution in [3.8, 4) is 5.75 Å². The zero-order valence-electron chi connectivity index (χ0n) is 7.07. The fourth-order valence-electron chi connectivity index (χ4n) is 1.06. The van der Waals surface area contributed by atoms with Gasteiger partial charge in [0, 0.05) is 13.6 Å². The second-order valence-corrected chi connectivity index (χ2v) is 2.63. The topological polar surface area (TPSA) is 43.7 Å². The van der Waals surface area contributed by atoms with Gasteiger partial charge in [0.05, 0.1) is 12.3 Å². The number of benzene rings is 1. The molecule has 1 rings (SSSR count). The average Bonchev–Trinajstić information content (AvgIpc) is 2.05. The summed E-state index contributed by atoms with van der Waals surface area (Å²) in [6, 6.07) is 7.06.